The molecular formula is C56H54O8. The Bertz CT molecular complexity index is 2450. The monoisotopic (exact) mass is 854 g/mol. The lowest BCUT2D eigenvalue weighted by Crippen LogP contribution is -2.58. The molecule has 0 amide bonds. The lowest BCUT2D eigenvalue weighted by molar-refractivity contribution is -0.275. The molecule has 0 spiro atoms. The molecule has 0 bridgehead atoms. The maximum Gasteiger partial charge on any atom is 0.163 e. The first kappa shape index (κ1) is 44.2. The van der Waals surface area contributed by atoms with Crippen molar-refractivity contribution in [2.45, 2.75) is 77.1 Å². The van der Waals surface area contributed by atoms with Crippen LogP contribution in [0.3, 0.4) is 0 Å². The first-order valence-corrected chi connectivity index (χ1v) is 21.8. The molecule has 0 aliphatic carbocycles. The molecule has 8 heteroatoms. The second-order valence-corrected chi connectivity index (χ2v) is 15.9. The van der Waals surface area contributed by atoms with Crippen LogP contribution in [0.2, 0.25) is 0 Å². The van der Waals surface area contributed by atoms with E-state index >= 15 is 0 Å². The Balaban J connectivity index is 1.24. The number of hydrogen-bond acceptors (Lipinski definition) is 8. The number of carbonyl (C=O) groups excluding carboxylic acids is 1. The maximum absolute atomic E-state index is 14.1. The summed E-state index contributed by atoms with van der Waals surface area (Å²) in [5.74, 6) is 0.695. The summed E-state index contributed by atoms with van der Waals surface area (Å²) in [7, 11) is 0. The topological polar surface area (TPSA) is 81.7 Å². The molecule has 1 aliphatic rings. The lowest BCUT2D eigenvalue weighted by Gasteiger charge is -2.47. The van der Waals surface area contributed by atoms with Gasteiger partial charge in [0.15, 0.2) is 5.78 Å². The van der Waals surface area contributed by atoms with Crippen LogP contribution in [0.4, 0.5) is 0 Å². The Morgan fingerprint density at radius 3 is 1.30 bits per heavy atom. The fourth-order valence-electron chi connectivity index (χ4n) is 7.92. The molecule has 0 unspecified atom stereocenters. The van der Waals surface area contributed by atoms with Crippen molar-refractivity contribution < 1.29 is 38.0 Å². The second-order valence-electron chi connectivity index (χ2n) is 15.9. The molecule has 1 saturated heterocycles. The second kappa shape index (κ2) is 22.8. The van der Waals surface area contributed by atoms with E-state index in [4.69, 9.17) is 33.2 Å². The van der Waals surface area contributed by atoms with Gasteiger partial charge >= 0.3 is 0 Å². The summed E-state index contributed by atoms with van der Waals surface area (Å²) in [6, 6.07) is 63.7. The normalized spacial score (nSPS) is 18.3. The van der Waals surface area contributed by atoms with Gasteiger partial charge in [0.25, 0.3) is 0 Å². The van der Waals surface area contributed by atoms with Crippen LogP contribution >= 0.6 is 0 Å². The van der Waals surface area contributed by atoms with Crippen LogP contribution < -0.4 is 9.47 Å². The molecule has 5 atom stereocenters. The summed E-state index contributed by atoms with van der Waals surface area (Å²) >= 11 is 0. The smallest absolute Gasteiger partial charge is 0.163 e. The minimum absolute atomic E-state index is 0.165. The highest BCUT2D eigenvalue weighted by molar-refractivity contribution is 5.99. The van der Waals surface area contributed by atoms with E-state index in [1.165, 1.54) is 0 Å². The zero-order chi connectivity index (χ0) is 43.8. The summed E-state index contributed by atoms with van der Waals surface area (Å²) in [5.41, 5.74) is 6.86. The predicted octanol–water partition coefficient (Wildman–Crippen LogP) is 11.5. The fourth-order valence-corrected chi connectivity index (χ4v) is 7.92. The highest BCUT2D eigenvalue weighted by Crippen LogP contribution is 2.43. The zero-order valence-electron chi connectivity index (χ0n) is 36.1. The number of hydrogen-bond donors (Lipinski definition) is 0. The van der Waals surface area contributed by atoms with Crippen LogP contribution in [-0.4, -0.2) is 36.8 Å². The van der Waals surface area contributed by atoms with E-state index in [0.29, 0.717) is 42.4 Å². The van der Waals surface area contributed by atoms with Crippen molar-refractivity contribution >= 4 is 5.78 Å². The molecular weight excluding hydrogens is 801 g/mol. The Hall–Kier alpha value is -6.39. The first-order chi connectivity index (χ1) is 31.6. The van der Waals surface area contributed by atoms with Crippen molar-refractivity contribution in [1.82, 2.24) is 0 Å². The van der Waals surface area contributed by atoms with Gasteiger partial charge in [-0.3, -0.25) is 4.79 Å². The van der Waals surface area contributed by atoms with Crippen LogP contribution in [-0.2, 0) is 63.3 Å². The number of benzene rings is 7. The molecule has 0 aromatic heterocycles. The van der Waals surface area contributed by atoms with Gasteiger partial charge in [0.05, 0.1) is 38.6 Å². The van der Waals surface area contributed by atoms with E-state index in [2.05, 4.69) is 0 Å². The Labute approximate surface area is 376 Å². The molecule has 1 fully saturated rings. The van der Waals surface area contributed by atoms with Crippen molar-refractivity contribution in [2.75, 3.05) is 6.61 Å². The van der Waals surface area contributed by atoms with Gasteiger partial charge < -0.3 is 33.2 Å². The van der Waals surface area contributed by atoms with Gasteiger partial charge in [-0.25, -0.2) is 0 Å². The summed E-state index contributed by atoms with van der Waals surface area (Å²) in [6.45, 7) is 3.42. The van der Waals surface area contributed by atoms with Crippen LogP contribution in [0.1, 0.15) is 62.3 Å². The Morgan fingerprint density at radius 1 is 0.453 bits per heavy atom. The third-order valence-electron chi connectivity index (χ3n) is 11.1. The van der Waals surface area contributed by atoms with Crippen LogP contribution in [0.5, 0.6) is 11.5 Å². The average Bonchev–Trinajstić information content (AvgIpc) is 3.35. The highest BCUT2D eigenvalue weighted by atomic mass is 16.6. The van der Waals surface area contributed by atoms with Crippen molar-refractivity contribution in [3.63, 3.8) is 0 Å². The summed E-state index contributed by atoms with van der Waals surface area (Å²) in [4.78, 5) is 14.1. The van der Waals surface area contributed by atoms with Crippen LogP contribution in [0.25, 0.3) is 0 Å². The van der Waals surface area contributed by atoms with Gasteiger partial charge in [0, 0.05) is 11.6 Å². The van der Waals surface area contributed by atoms with Gasteiger partial charge in [0.1, 0.15) is 55.2 Å². The average molecular weight is 855 g/mol. The largest absolute Gasteiger partial charge is 0.489 e. The van der Waals surface area contributed by atoms with E-state index in [0.717, 1.165) is 33.4 Å². The molecule has 1 heterocycles. The van der Waals surface area contributed by atoms with Gasteiger partial charge in [-0.15, -0.1) is 0 Å². The van der Waals surface area contributed by atoms with Gasteiger partial charge in [0.2, 0.25) is 0 Å². The SMILES string of the molecule is CC(=O)c1c(OCc2ccccc2)cc(OCc2ccccc2)cc1[C@@H]1O[C@H](COCc2ccccc2)[C@H](OCc2ccccc2)[C@@H](OCc2ccccc2)[C@H]1OCc1ccccc1. The summed E-state index contributed by atoms with van der Waals surface area (Å²) in [6.07, 6.45) is -3.70. The van der Waals surface area contributed by atoms with E-state index in [1.54, 1.807) is 13.0 Å². The van der Waals surface area contributed by atoms with Crippen molar-refractivity contribution in [3.8, 4) is 11.5 Å². The lowest BCUT2D eigenvalue weighted by atomic mass is 9.87. The molecule has 7 aromatic rings. The minimum Gasteiger partial charge on any atom is -0.489 e. The van der Waals surface area contributed by atoms with E-state index < -0.39 is 30.5 Å². The quantitative estimate of drug-likeness (QED) is 0.0661. The summed E-state index contributed by atoms with van der Waals surface area (Å²) < 4.78 is 47.9. The molecule has 7 aromatic carbocycles. The standard InChI is InChI=1S/C56H54O8/c1-41(57)52-49(32-48(59-35-43-22-10-3-11-23-43)33-50(52)60-36-44-24-12-4-13-25-44)53-55(62-38-46-28-16-6-17-29-46)56(63-39-47-30-18-7-19-31-47)54(61-37-45-26-14-5-15-27-45)51(64-53)40-58-34-42-20-8-2-9-21-42/h2-33,51,53-56H,34-40H2,1H3/t51-,53+,54+,55+,56-/m1/s1. The molecule has 0 N–H and O–H groups in total. The van der Waals surface area contributed by atoms with E-state index in [-0.39, 0.29) is 32.2 Å². The molecule has 8 nitrogen and oxygen atoms in total. The van der Waals surface area contributed by atoms with Crippen LogP contribution in [0, 0.1) is 0 Å². The molecule has 64 heavy (non-hydrogen) atoms. The van der Waals surface area contributed by atoms with Gasteiger partial charge in [-0.05, 0) is 46.4 Å². The predicted molar refractivity (Wildman–Crippen MR) is 247 cm³/mol. The summed E-state index contributed by atoms with van der Waals surface area (Å²) in [5, 5.41) is 0. The molecule has 8 rings (SSSR count). The molecule has 0 saturated carbocycles. The van der Waals surface area contributed by atoms with Crippen molar-refractivity contribution in [3.05, 3.63) is 239 Å². The third-order valence-corrected chi connectivity index (χ3v) is 11.1. The molecule has 1 aliphatic heterocycles. The fraction of sp³-hybridized carbons (Fsp3) is 0.232. The van der Waals surface area contributed by atoms with E-state index in [1.807, 2.05) is 188 Å². The molecule has 0 radical (unpaired) electrons. The highest BCUT2D eigenvalue weighted by Gasteiger charge is 2.50. The Morgan fingerprint density at radius 2 is 0.844 bits per heavy atom. The van der Waals surface area contributed by atoms with E-state index in [9.17, 15) is 4.79 Å². The minimum atomic E-state index is -0.871. The van der Waals surface area contributed by atoms with Crippen LogP contribution in [0.15, 0.2) is 194 Å². The van der Waals surface area contributed by atoms with Gasteiger partial charge in [-0.2, -0.15) is 0 Å². The number of ketones is 1. The third kappa shape index (κ3) is 12.2. The number of Topliss-reactive ketones (excluding diaryl/α,β-unsaturated/α-hetero) is 1. The van der Waals surface area contributed by atoms with Crippen molar-refractivity contribution in [2.24, 2.45) is 0 Å². The molecule has 326 valence electrons. The Kier molecular flexibility index (Phi) is 15.8. The number of rotatable bonds is 21. The zero-order valence-corrected chi connectivity index (χ0v) is 36.1. The number of carbonyl (C=O) groups is 1. The van der Waals surface area contributed by atoms with Crippen molar-refractivity contribution in [1.29, 1.82) is 0 Å². The number of ether oxygens (including phenoxy) is 7. The maximum atomic E-state index is 14.1. The first-order valence-electron chi connectivity index (χ1n) is 21.8. The van der Waals surface area contributed by atoms with Gasteiger partial charge in [-0.1, -0.05) is 182 Å².